The summed E-state index contributed by atoms with van der Waals surface area (Å²) in [5.41, 5.74) is 8.11. The Balaban J connectivity index is 1.97. The molecule has 1 amide bonds. The molecule has 0 aromatic carbocycles. The fraction of sp³-hybridized carbons (Fsp3) is 0.429. The van der Waals surface area contributed by atoms with Crippen molar-refractivity contribution in [1.82, 2.24) is 14.7 Å². The van der Waals surface area contributed by atoms with E-state index in [1.54, 1.807) is 23.1 Å². The number of nitrogens with zero attached hydrogens (tertiary/aromatic N) is 3. The van der Waals surface area contributed by atoms with Gasteiger partial charge in [-0.05, 0) is 29.9 Å². The summed E-state index contributed by atoms with van der Waals surface area (Å²) in [7, 11) is 1.75. The van der Waals surface area contributed by atoms with Gasteiger partial charge < -0.3 is 10.6 Å². The van der Waals surface area contributed by atoms with Crippen LogP contribution in [-0.4, -0.2) is 27.1 Å². The molecular weight excluding hydrogens is 272 g/mol. The first kappa shape index (κ1) is 13.2. The fourth-order valence-electron chi connectivity index (χ4n) is 2.93. The Morgan fingerprint density at radius 3 is 3.05 bits per heavy atom. The van der Waals surface area contributed by atoms with Crippen LogP contribution in [0.4, 0.5) is 5.69 Å². The summed E-state index contributed by atoms with van der Waals surface area (Å²) in [6, 6.07) is 2.28. The standard InChI is InChI=1S/C14H18N4OS/c1-3-11-9-5-7-20-12(9)4-6-18(11)14(19)13-10(15)8-16-17(13)2/h5,7-8,11H,3-4,6,15H2,1-2H3. The number of carbonyl (C=O) groups is 1. The van der Waals surface area contributed by atoms with Crippen LogP contribution in [0.25, 0.3) is 0 Å². The van der Waals surface area contributed by atoms with Gasteiger partial charge in [0, 0.05) is 18.5 Å². The lowest BCUT2D eigenvalue weighted by Crippen LogP contribution is -2.40. The maximum Gasteiger partial charge on any atom is 0.274 e. The third-order valence-corrected chi connectivity index (χ3v) is 4.91. The Bertz CT molecular complexity index is 626. The lowest BCUT2D eigenvalue weighted by molar-refractivity contribution is 0.0647. The van der Waals surface area contributed by atoms with Crippen molar-refractivity contribution < 1.29 is 4.79 Å². The van der Waals surface area contributed by atoms with Crippen molar-refractivity contribution in [3.05, 3.63) is 33.8 Å². The van der Waals surface area contributed by atoms with E-state index in [2.05, 4.69) is 23.5 Å². The van der Waals surface area contributed by atoms with Crippen LogP contribution in [0.1, 0.15) is 40.3 Å². The summed E-state index contributed by atoms with van der Waals surface area (Å²) < 4.78 is 1.56. The molecule has 2 aromatic heterocycles. The molecule has 2 aromatic rings. The molecule has 1 unspecified atom stereocenters. The zero-order valence-electron chi connectivity index (χ0n) is 11.7. The molecule has 0 saturated heterocycles. The fourth-order valence-corrected chi connectivity index (χ4v) is 3.86. The number of amides is 1. The van der Waals surface area contributed by atoms with E-state index in [-0.39, 0.29) is 11.9 Å². The van der Waals surface area contributed by atoms with Gasteiger partial charge in [-0.1, -0.05) is 6.92 Å². The molecule has 1 atom stereocenters. The smallest absolute Gasteiger partial charge is 0.274 e. The van der Waals surface area contributed by atoms with Gasteiger partial charge in [0.25, 0.3) is 5.91 Å². The van der Waals surface area contributed by atoms with E-state index < -0.39 is 0 Å². The number of anilines is 1. The monoisotopic (exact) mass is 290 g/mol. The zero-order chi connectivity index (χ0) is 14.3. The number of aryl methyl sites for hydroxylation is 1. The van der Waals surface area contributed by atoms with Crippen LogP contribution in [0.15, 0.2) is 17.6 Å². The molecule has 106 valence electrons. The topological polar surface area (TPSA) is 64.2 Å². The van der Waals surface area contributed by atoms with E-state index in [0.717, 1.165) is 19.4 Å². The van der Waals surface area contributed by atoms with E-state index in [4.69, 9.17) is 5.73 Å². The lowest BCUT2D eigenvalue weighted by atomic mass is 9.97. The van der Waals surface area contributed by atoms with E-state index in [1.165, 1.54) is 16.6 Å². The van der Waals surface area contributed by atoms with Crippen molar-refractivity contribution in [2.75, 3.05) is 12.3 Å². The summed E-state index contributed by atoms with van der Waals surface area (Å²) in [6.45, 7) is 2.86. The zero-order valence-corrected chi connectivity index (χ0v) is 12.5. The van der Waals surface area contributed by atoms with Gasteiger partial charge in [0.2, 0.25) is 0 Å². The van der Waals surface area contributed by atoms with Crippen molar-refractivity contribution >= 4 is 22.9 Å². The summed E-state index contributed by atoms with van der Waals surface area (Å²) in [4.78, 5) is 16.1. The molecule has 0 bridgehead atoms. The van der Waals surface area contributed by atoms with Crippen LogP contribution in [0.2, 0.25) is 0 Å². The van der Waals surface area contributed by atoms with Crippen LogP contribution < -0.4 is 5.73 Å². The van der Waals surface area contributed by atoms with Crippen LogP contribution in [0.5, 0.6) is 0 Å². The minimum atomic E-state index is -0.0220. The van der Waals surface area contributed by atoms with Gasteiger partial charge in [-0.2, -0.15) is 5.10 Å². The van der Waals surface area contributed by atoms with Gasteiger partial charge in [0.1, 0.15) is 5.69 Å². The molecule has 3 rings (SSSR count). The van der Waals surface area contributed by atoms with Crippen molar-refractivity contribution in [2.45, 2.75) is 25.8 Å². The van der Waals surface area contributed by atoms with Gasteiger partial charge in [-0.25, -0.2) is 0 Å². The summed E-state index contributed by atoms with van der Waals surface area (Å²) >= 11 is 1.78. The Hall–Kier alpha value is -1.82. The minimum absolute atomic E-state index is 0.0220. The number of nitrogens with two attached hydrogens (primary N) is 1. The predicted octanol–water partition coefficient (Wildman–Crippen LogP) is 2.21. The van der Waals surface area contributed by atoms with E-state index in [1.807, 2.05) is 4.90 Å². The number of rotatable bonds is 2. The van der Waals surface area contributed by atoms with E-state index >= 15 is 0 Å². The molecule has 0 radical (unpaired) electrons. The maximum absolute atomic E-state index is 12.8. The molecule has 5 nitrogen and oxygen atoms in total. The molecular formula is C14H18N4OS. The van der Waals surface area contributed by atoms with Crippen LogP contribution >= 0.6 is 11.3 Å². The third-order valence-electron chi connectivity index (χ3n) is 3.91. The predicted molar refractivity (Wildman–Crippen MR) is 79.7 cm³/mol. The van der Waals surface area contributed by atoms with Gasteiger partial charge >= 0.3 is 0 Å². The molecule has 1 aliphatic heterocycles. The minimum Gasteiger partial charge on any atom is -0.396 e. The average Bonchev–Trinajstić information content (AvgIpc) is 3.03. The number of thiophene rings is 1. The van der Waals surface area contributed by atoms with Gasteiger partial charge in [0.15, 0.2) is 0 Å². The van der Waals surface area contributed by atoms with Gasteiger partial charge in [-0.15, -0.1) is 11.3 Å². The van der Waals surface area contributed by atoms with Crippen LogP contribution in [-0.2, 0) is 13.5 Å². The molecule has 6 heteroatoms. The number of hydrogen-bond acceptors (Lipinski definition) is 4. The summed E-state index contributed by atoms with van der Waals surface area (Å²) in [5.74, 6) is -0.0220. The Morgan fingerprint density at radius 2 is 2.40 bits per heavy atom. The molecule has 2 N–H and O–H groups in total. The molecule has 1 aliphatic rings. The lowest BCUT2D eigenvalue weighted by Gasteiger charge is -2.35. The summed E-state index contributed by atoms with van der Waals surface area (Å²) in [6.07, 6.45) is 3.37. The Kier molecular flexibility index (Phi) is 3.25. The highest BCUT2D eigenvalue weighted by atomic mass is 32.1. The first-order chi connectivity index (χ1) is 9.63. The number of carbonyl (C=O) groups excluding carboxylic acids is 1. The average molecular weight is 290 g/mol. The molecule has 0 saturated carbocycles. The number of nitrogen functional groups attached to an aromatic ring is 1. The molecule has 20 heavy (non-hydrogen) atoms. The second-order valence-electron chi connectivity index (χ2n) is 5.04. The van der Waals surface area contributed by atoms with Gasteiger partial charge in [0.05, 0.1) is 17.9 Å². The van der Waals surface area contributed by atoms with E-state index in [9.17, 15) is 4.79 Å². The van der Waals surface area contributed by atoms with Crippen molar-refractivity contribution in [3.63, 3.8) is 0 Å². The normalized spacial score (nSPS) is 18.1. The van der Waals surface area contributed by atoms with Crippen molar-refractivity contribution in [1.29, 1.82) is 0 Å². The van der Waals surface area contributed by atoms with Crippen LogP contribution in [0, 0.1) is 0 Å². The molecule has 3 heterocycles. The van der Waals surface area contributed by atoms with E-state index in [0.29, 0.717) is 11.4 Å². The Morgan fingerprint density at radius 1 is 1.60 bits per heavy atom. The number of fused-ring (bicyclic) bond motifs is 1. The first-order valence-corrected chi connectivity index (χ1v) is 7.66. The highest BCUT2D eigenvalue weighted by Crippen LogP contribution is 2.36. The second kappa shape index (κ2) is 4.94. The third kappa shape index (κ3) is 1.91. The second-order valence-corrected chi connectivity index (χ2v) is 6.04. The SMILES string of the molecule is CCC1c2ccsc2CCN1C(=O)c1c(N)cnn1C. The van der Waals surface area contributed by atoms with Crippen molar-refractivity contribution in [2.24, 2.45) is 7.05 Å². The highest BCUT2D eigenvalue weighted by Gasteiger charge is 2.32. The number of aromatic nitrogens is 2. The molecule has 0 aliphatic carbocycles. The van der Waals surface area contributed by atoms with Gasteiger partial charge in [-0.3, -0.25) is 9.48 Å². The summed E-state index contributed by atoms with van der Waals surface area (Å²) in [5, 5.41) is 6.17. The largest absolute Gasteiger partial charge is 0.396 e. The molecule has 0 spiro atoms. The van der Waals surface area contributed by atoms with Crippen LogP contribution in [0.3, 0.4) is 0 Å². The highest BCUT2D eigenvalue weighted by molar-refractivity contribution is 7.10. The van der Waals surface area contributed by atoms with Crippen molar-refractivity contribution in [3.8, 4) is 0 Å². The quantitative estimate of drug-likeness (QED) is 0.922. The Labute approximate surface area is 122 Å². The molecule has 0 fully saturated rings. The first-order valence-electron chi connectivity index (χ1n) is 6.78. The number of hydrogen-bond donors (Lipinski definition) is 1. The maximum atomic E-state index is 12.8.